The van der Waals surface area contributed by atoms with E-state index in [9.17, 15) is 57.1 Å². The number of nitrogens with one attached hydrogen (secondary N) is 3. The first kappa shape index (κ1) is 57.9. The van der Waals surface area contributed by atoms with Crippen LogP contribution in [0, 0.1) is 0 Å². The van der Waals surface area contributed by atoms with E-state index in [4.69, 9.17) is 0 Å². The first-order valence-electron chi connectivity index (χ1n) is 14.5. The Morgan fingerprint density at radius 3 is 1.35 bits per heavy atom. The molecule has 21 nitrogen and oxygen atoms in total. The summed E-state index contributed by atoms with van der Waals surface area (Å²) in [5, 5.41) is 21.8. The molecule has 0 aliphatic heterocycles. The van der Waals surface area contributed by atoms with Crippen LogP contribution < -0.4 is 169 Å². The molecule has 31 heteroatoms. The summed E-state index contributed by atoms with van der Waals surface area (Å²) in [6.07, 6.45) is 0. The van der Waals surface area contributed by atoms with Crippen molar-refractivity contribution in [2.24, 2.45) is 0 Å². The van der Waals surface area contributed by atoms with Crippen molar-refractivity contribution in [3.63, 3.8) is 0 Å². The van der Waals surface area contributed by atoms with Gasteiger partial charge in [0.15, 0.2) is 0 Å². The molecule has 0 aliphatic rings. The zero-order chi connectivity index (χ0) is 39.9. The van der Waals surface area contributed by atoms with Crippen molar-refractivity contribution in [3.05, 3.63) is 84.9 Å². The van der Waals surface area contributed by atoms with Gasteiger partial charge in [-0.3, -0.25) is 5.04 Å². The van der Waals surface area contributed by atoms with E-state index in [2.05, 4.69) is 40.3 Å². The molecule has 1 heterocycles. The normalized spacial score (nSPS) is 11.5. The van der Waals surface area contributed by atoms with Crippen LogP contribution in [0.4, 0.5) is 34.9 Å². The van der Waals surface area contributed by atoms with Crippen molar-refractivity contribution in [1.29, 1.82) is 0 Å². The Balaban J connectivity index is 0.00000360. The topological polar surface area (TPSA) is 345 Å². The summed E-state index contributed by atoms with van der Waals surface area (Å²) in [7, 11) is -20.4. The van der Waals surface area contributed by atoms with Gasteiger partial charge in [0.05, 0.1) is 31.6 Å². The van der Waals surface area contributed by atoms with Crippen LogP contribution in [0.2, 0.25) is 0 Å². The van der Waals surface area contributed by atoms with Crippen LogP contribution in [0.25, 0.3) is 21.5 Å². The van der Waals surface area contributed by atoms with E-state index < -0.39 is 60.1 Å². The summed E-state index contributed by atoms with van der Waals surface area (Å²) in [5.74, 6) is -0.780. The number of aromatic nitrogens is 3. The predicted octanol–water partition coefficient (Wildman–Crippen LogP) is -12.7. The van der Waals surface area contributed by atoms with E-state index in [0.717, 1.165) is 30.3 Å². The molecule has 60 heavy (non-hydrogen) atoms. The van der Waals surface area contributed by atoms with Crippen LogP contribution in [-0.2, 0) is 49.8 Å². The third kappa shape index (κ3) is 15.0. The molecule has 0 saturated carbocycles. The third-order valence-corrected chi connectivity index (χ3v) is 11.2. The van der Waals surface area contributed by atoms with Gasteiger partial charge in [0.25, 0.3) is 0 Å². The zero-order valence-electron chi connectivity index (χ0n) is 31.6. The largest absolute Gasteiger partial charge is 1.00 e. The van der Waals surface area contributed by atoms with Crippen LogP contribution in [0.1, 0.15) is 0 Å². The van der Waals surface area contributed by atoms with Crippen LogP contribution in [0.15, 0.2) is 109 Å². The summed E-state index contributed by atoms with van der Waals surface area (Å²) in [6, 6.07) is 16.0. The van der Waals surface area contributed by atoms with Gasteiger partial charge in [-0.25, -0.2) is 33.7 Å². The molecule has 0 spiro atoms. The second-order valence-electron chi connectivity index (χ2n) is 11.0. The summed E-state index contributed by atoms with van der Waals surface area (Å²) < 4.78 is 146. The van der Waals surface area contributed by atoms with E-state index in [-0.39, 0.29) is 209 Å². The Hall–Kier alpha value is -0.1000. The first-order valence-corrected chi connectivity index (χ1v) is 20.8. The molecule has 0 unspecified atom stereocenters. The average Bonchev–Trinajstić information content (AvgIpc) is 3.08. The molecular formula is C29H17N6Na5O15S5. The molecule has 5 aromatic carbocycles. The summed E-state index contributed by atoms with van der Waals surface area (Å²) in [4.78, 5) is 9.57. The van der Waals surface area contributed by atoms with E-state index >= 15 is 0 Å². The molecule has 0 aliphatic carbocycles. The van der Waals surface area contributed by atoms with Gasteiger partial charge in [0, 0.05) is 22.0 Å². The fourth-order valence-corrected chi connectivity index (χ4v) is 8.19. The van der Waals surface area contributed by atoms with Gasteiger partial charge >= 0.3 is 148 Å². The molecule has 1 aromatic heterocycles. The molecule has 3 N–H and O–H groups in total. The second kappa shape index (κ2) is 23.4. The van der Waals surface area contributed by atoms with Crippen molar-refractivity contribution < 1.29 is 214 Å². The van der Waals surface area contributed by atoms with Gasteiger partial charge < -0.3 is 39.4 Å². The first-order chi connectivity index (χ1) is 25.7. The van der Waals surface area contributed by atoms with Gasteiger partial charge in [-0.05, 0) is 88.3 Å². The van der Waals surface area contributed by atoms with Crippen molar-refractivity contribution in [2.75, 3.05) is 16.0 Å². The Morgan fingerprint density at radius 2 is 0.917 bits per heavy atom. The van der Waals surface area contributed by atoms with Crippen LogP contribution in [0.3, 0.4) is 0 Å². The summed E-state index contributed by atoms with van der Waals surface area (Å²) >= 11 is 0.332. The minimum atomic E-state index is -5.25. The number of hydrogen-bond acceptors (Lipinski definition) is 22. The van der Waals surface area contributed by atoms with Gasteiger partial charge in [0.1, 0.15) is 40.5 Å². The minimum absolute atomic E-state index is 0. The van der Waals surface area contributed by atoms with Crippen molar-refractivity contribution in [1.82, 2.24) is 15.0 Å². The predicted molar refractivity (Wildman–Crippen MR) is 184 cm³/mol. The van der Waals surface area contributed by atoms with Gasteiger partial charge in [0.2, 0.25) is 17.8 Å². The van der Waals surface area contributed by atoms with E-state index in [1.807, 2.05) is 0 Å². The summed E-state index contributed by atoms with van der Waals surface area (Å²) in [5.41, 5.74) is 0.293. The molecule has 0 radical (unpaired) electrons. The zero-order valence-corrected chi connectivity index (χ0v) is 45.7. The van der Waals surface area contributed by atoms with Gasteiger partial charge in [-0.15, -0.1) is 0 Å². The SMILES string of the molecule is O=S(=O)([O-])c1cccc(Nc2nc(Nc3ccc4c(S(=O)(=O)[O-])cc(SOO[O-])cc4c3)nc(Nc3ccc4c(S(=O)(=O)[O-])cc(S(=O)(=O)[O-])cc4c3)n2)c1.[Na+].[Na+].[Na+].[Na+].[Na+]. The maximum atomic E-state index is 12.0. The smallest absolute Gasteiger partial charge is 0.744 e. The standard InChI is InChI=1S/C29H22N6O15S5.5Na/c36-49-50-51-20-10-15-8-18(4-6-23(15)25(13-20)54(43,44)45)31-28-33-27(30-17-2-1-3-21(12-17)52(37,38)39)34-29(35-28)32-19-5-7-24-16(9-19)11-22(53(40,41)42)14-26(24)55(46,47)48;;;;;/h1-14,36H,(H,37,38,39)(H,40,41,42)(H,43,44,45)(H,46,47,48)(H3,30,31,32,33,34,35);;;;;/q;5*+1/p-5. The summed E-state index contributed by atoms with van der Waals surface area (Å²) in [6.45, 7) is 0. The molecule has 0 bridgehead atoms. The average molecular weight is 965 g/mol. The molecule has 6 aromatic rings. The minimum Gasteiger partial charge on any atom is -0.744 e. The van der Waals surface area contributed by atoms with Crippen molar-refractivity contribution in [2.45, 2.75) is 24.5 Å². The monoisotopic (exact) mass is 964 g/mol. The van der Waals surface area contributed by atoms with Crippen LogP contribution in [-0.4, -0.2) is 66.8 Å². The van der Waals surface area contributed by atoms with Crippen LogP contribution >= 0.6 is 12.0 Å². The number of anilines is 6. The number of rotatable bonds is 13. The fourth-order valence-electron chi connectivity index (χ4n) is 5.09. The number of hydrogen-bond donors (Lipinski definition) is 3. The van der Waals surface area contributed by atoms with Crippen molar-refractivity contribution in [3.8, 4) is 0 Å². The van der Waals surface area contributed by atoms with E-state index in [1.165, 1.54) is 48.5 Å². The Morgan fingerprint density at radius 1 is 0.483 bits per heavy atom. The second-order valence-corrected chi connectivity index (χ2v) is 17.2. The molecule has 0 fully saturated rings. The number of nitrogens with zero attached hydrogens (tertiary/aromatic N) is 3. The Labute approximate surface area is 456 Å². The Kier molecular flexibility index (Phi) is 22.6. The third-order valence-electron chi connectivity index (χ3n) is 7.29. The molecule has 6 rings (SSSR count). The molecule has 0 amide bonds. The van der Waals surface area contributed by atoms with Crippen molar-refractivity contribution >= 4 is 109 Å². The van der Waals surface area contributed by atoms with Gasteiger partial charge in [-0.1, -0.05) is 18.2 Å². The molecular weight excluding hydrogens is 948 g/mol. The Bertz CT molecular complexity index is 3000. The van der Waals surface area contributed by atoms with E-state index in [0.29, 0.717) is 18.1 Å². The van der Waals surface area contributed by atoms with Crippen LogP contribution in [0.5, 0.6) is 0 Å². The van der Waals surface area contributed by atoms with Gasteiger partial charge in [-0.2, -0.15) is 19.3 Å². The number of fused-ring (bicyclic) bond motifs is 2. The maximum absolute atomic E-state index is 12.0. The van der Waals surface area contributed by atoms with E-state index in [1.54, 1.807) is 0 Å². The maximum Gasteiger partial charge on any atom is 1.00 e. The molecule has 0 saturated heterocycles. The quantitative estimate of drug-likeness (QED) is 0.0318. The molecule has 288 valence electrons. The molecule has 0 atom stereocenters. The fraction of sp³-hybridized carbons (Fsp3) is 0. The number of benzene rings is 5.